The molecule has 0 amide bonds. The van der Waals surface area contributed by atoms with Crippen LogP contribution in [0.25, 0.3) is 0 Å². The molecule has 30 heavy (non-hydrogen) atoms. The summed E-state index contributed by atoms with van der Waals surface area (Å²) in [5.74, 6) is 0.539. The zero-order valence-electron chi connectivity index (χ0n) is 19.1. The van der Waals surface area contributed by atoms with E-state index in [0.717, 1.165) is 30.9 Å². The lowest BCUT2D eigenvalue weighted by molar-refractivity contribution is -0.120. The van der Waals surface area contributed by atoms with Crippen molar-refractivity contribution in [3.63, 3.8) is 0 Å². The summed E-state index contributed by atoms with van der Waals surface area (Å²) in [7, 11) is 0. The molecule has 3 fully saturated rings. The van der Waals surface area contributed by atoms with Crippen LogP contribution >= 0.6 is 0 Å². The van der Waals surface area contributed by atoms with Gasteiger partial charge in [0.2, 0.25) is 0 Å². The molecule has 1 aliphatic carbocycles. The molecule has 0 radical (unpaired) electrons. The predicted octanol–water partition coefficient (Wildman–Crippen LogP) is 4.25. The summed E-state index contributed by atoms with van der Waals surface area (Å²) >= 11 is 0. The van der Waals surface area contributed by atoms with Crippen molar-refractivity contribution in [2.75, 3.05) is 26.2 Å². The van der Waals surface area contributed by atoms with E-state index in [1.807, 2.05) is 13.1 Å². The Morgan fingerprint density at radius 1 is 0.933 bits per heavy atom. The highest BCUT2D eigenvalue weighted by Gasteiger charge is 2.33. The summed E-state index contributed by atoms with van der Waals surface area (Å²) in [6.07, 6.45) is 14.9. The highest BCUT2D eigenvalue weighted by molar-refractivity contribution is 5.96. The Kier molecular flexibility index (Phi) is 7.09. The van der Waals surface area contributed by atoms with E-state index in [1.165, 1.54) is 70.3 Å². The van der Waals surface area contributed by atoms with Crippen LogP contribution in [0.2, 0.25) is 0 Å². The molecule has 0 aromatic carbocycles. The van der Waals surface area contributed by atoms with Gasteiger partial charge in [-0.2, -0.15) is 5.10 Å². The highest BCUT2D eigenvalue weighted by Crippen LogP contribution is 2.32. The average molecular weight is 413 g/mol. The van der Waals surface area contributed by atoms with Crippen molar-refractivity contribution in [2.45, 2.75) is 89.8 Å². The van der Waals surface area contributed by atoms with E-state index in [-0.39, 0.29) is 5.92 Å². The van der Waals surface area contributed by atoms with E-state index < -0.39 is 0 Å². The van der Waals surface area contributed by atoms with Gasteiger partial charge < -0.3 is 9.80 Å². The molecule has 1 aromatic heterocycles. The number of carbonyl (C=O) groups excluding carboxylic acids is 1. The van der Waals surface area contributed by atoms with Crippen molar-refractivity contribution >= 4 is 5.78 Å². The second-order valence-corrected chi connectivity index (χ2v) is 9.87. The van der Waals surface area contributed by atoms with E-state index in [0.29, 0.717) is 17.9 Å². The van der Waals surface area contributed by atoms with E-state index in [2.05, 4.69) is 39.3 Å². The Morgan fingerprint density at radius 3 is 1.97 bits per heavy atom. The number of nitrogens with zero attached hydrogens (tertiary/aromatic N) is 4. The van der Waals surface area contributed by atoms with Crippen molar-refractivity contribution in [1.82, 2.24) is 19.6 Å². The number of aromatic nitrogens is 2. The topological polar surface area (TPSA) is 41.4 Å². The van der Waals surface area contributed by atoms with Gasteiger partial charge in [0, 0.05) is 37.3 Å². The number of likely N-dealkylation sites (tertiary alicyclic amines) is 2. The number of ketones is 1. The Balaban J connectivity index is 1.19. The second-order valence-electron chi connectivity index (χ2n) is 9.87. The molecule has 0 unspecified atom stereocenters. The van der Waals surface area contributed by atoms with Crippen LogP contribution in [0.4, 0.5) is 0 Å². The normalized spacial score (nSPS) is 27.9. The summed E-state index contributed by atoms with van der Waals surface area (Å²) in [5.41, 5.74) is 2.09. The molecule has 2 saturated heterocycles. The van der Waals surface area contributed by atoms with Gasteiger partial charge in [-0.15, -0.1) is 0 Å². The molecule has 1 aromatic rings. The molecular formula is C25H40N4O. The predicted molar refractivity (Wildman–Crippen MR) is 122 cm³/mol. The van der Waals surface area contributed by atoms with E-state index in [4.69, 9.17) is 0 Å². The van der Waals surface area contributed by atoms with Crippen molar-refractivity contribution < 1.29 is 4.79 Å². The summed E-state index contributed by atoms with van der Waals surface area (Å²) in [6.45, 7) is 12.8. The maximum atomic E-state index is 12.2. The third kappa shape index (κ3) is 4.88. The Morgan fingerprint density at radius 2 is 1.47 bits per heavy atom. The molecule has 0 atom stereocenters. The molecule has 0 spiro atoms. The quantitative estimate of drug-likeness (QED) is 0.655. The average Bonchev–Trinajstić information content (AvgIpc) is 3.28. The third-order valence-electron chi connectivity index (χ3n) is 7.96. The van der Waals surface area contributed by atoms with Gasteiger partial charge in [0.1, 0.15) is 0 Å². The largest absolute Gasteiger partial charge is 0.300 e. The fourth-order valence-corrected chi connectivity index (χ4v) is 5.94. The summed E-state index contributed by atoms with van der Waals surface area (Å²) in [4.78, 5) is 17.7. The first-order valence-corrected chi connectivity index (χ1v) is 12.3. The maximum Gasteiger partial charge on any atom is 0.161 e. The third-order valence-corrected chi connectivity index (χ3v) is 7.96. The SMILES string of the molecule is C=C(C)C(=O)C1CCC(N2CCC(N3CCC(n4cc(CC)cn4)CC3)CC2)CC1. The van der Waals surface area contributed by atoms with Crippen LogP contribution in [0.1, 0.15) is 76.8 Å². The lowest BCUT2D eigenvalue weighted by Gasteiger charge is -2.45. The zero-order valence-corrected chi connectivity index (χ0v) is 19.1. The first kappa shape index (κ1) is 21.8. The maximum absolute atomic E-state index is 12.2. The lowest BCUT2D eigenvalue weighted by Crippen LogP contribution is -2.50. The molecule has 4 rings (SSSR count). The molecule has 0 N–H and O–H groups in total. The number of piperidine rings is 2. The molecule has 2 aliphatic heterocycles. The first-order valence-electron chi connectivity index (χ1n) is 12.3. The molecule has 3 heterocycles. The van der Waals surface area contributed by atoms with Gasteiger partial charge in [0.25, 0.3) is 0 Å². The highest BCUT2D eigenvalue weighted by atomic mass is 16.1. The van der Waals surface area contributed by atoms with Crippen LogP contribution in [0.3, 0.4) is 0 Å². The Labute approximate surface area is 182 Å². The van der Waals surface area contributed by atoms with Crippen molar-refractivity contribution in [3.8, 4) is 0 Å². The van der Waals surface area contributed by atoms with Crippen LogP contribution < -0.4 is 0 Å². The van der Waals surface area contributed by atoms with Gasteiger partial charge in [-0.25, -0.2) is 0 Å². The molecular weight excluding hydrogens is 372 g/mol. The smallest absolute Gasteiger partial charge is 0.161 e. The minimum atomic E-state index is 0.237. The monoisotopic (exact) mass is 412 g/mol. The summed E-state index contributed by atoms with van der Waals surface area (Å²) in [6, 6.07) is 2.03. The van der Waals surface area contributed by atoms with Gasteiger partial charge in [-0.1, -0.05) is 13.5 Å². The molecule has 5 nitrogen and oxygen atoms in total. The van der Waals surface area contributed by atoms with Crippen LogP contribution in [0.5, 0.6) is 0 Å². The fourth-order valence-electron chi connectivity index (χ4n) is 5.94. The summed E-state index contributed by atoms with van der Waals surface area (Å²) in [5, 5.41) is 4.60. The summed E-state index contributed by atoms with van der Waals surface area (Å²) < 4.78 is 2.22. The zero-order chi connectivity index (χ0) is 21.1. The Bertz CT molecular complexity index is 717. The van der Waals surface area contributed by atoms with Gasteiger partial charge in [-0.3, -0.25) is 9.48 Å². The standard InChI is InChI=1S/C25H40N4O/c1-4-20-17-26-29(18-20)24-11-15-28(16-12-24)23-9-13-27(14-10-23)22-7-5-21(6-8-22)25(30)19(2)3/h17-18,21-24H,2,4-16H2,1,3H3. The van der Waals surface area contributed by atoms with Crippen LogP contribution in [-0.4, -0.2) is 63.6 Å². The first-order chi connectivity index (χ1) is 14.5. The molecule has 1 saturated carbocycles. The number of rotatable bonds is 6. The Hall–Kier alpha value is -1.46. The van der Waals surface area contributed by atoms with Gasteiger partial charge in [-0.05, 0) is 88.9 Å². The number of carbonyl (C=O) groups is 1. The molecule has 3 aliphatic rings. The van der Waals surface area contributed by atoms with Crippen LogP contribution in [-0.2, 0) is 11.2 Å². The van der Waals surface area contributed by atoms with Gasteiger partial charge >= 0.3 is 0 Å². The number of hydrogen-bond donors (Lipinski definition) is 0. The molecule has 166 valence electrons. The van der Waals surface area contributed by atoms with Crippen molar-refractivity contribution in [1.29, 1.82) is 0 Å². The van der Waals surface area contributed by atoms with Crippen LogP contribution in [0.15, 0.2) is 24.5 Å². The van der Waals surface area contributed by atoms with E-state index in [9.17, 15) is 4.79 Å². The number of allylic oxidation sites excluding steroid dienone is 1. The minimum Gasteiger partial charge on any atom is -0.300 e. The number of hydrogen-bond acceptors (Lipinski definition) is 4. The van der Waals surface area contributed by atoms with Gasteiger partial charge in [0.05, 0.1) is 12.2 Å². The minimum absolute atomic E-state index is 0.237. The lowest BCUT2D eigenvalue weighted by atomic mass is 9.81. The number of aryl methyl sites for hydroxylation is 1. The van der Waals surface area contributed by atoms with Crippen molar-refractivity contribution in [2.24, 2.45) is 5.92 Å². The van der Waals surface area contributed by atoms with Crippen LogP contribution in [0, 0.1) is 5.92 Å². The second kappa shape index (κ2) is 9.78. The molecule has 5 heteroatoms. The van der Waals surface area contributed by atoms with Gasteiger partial charge in [0.15, 0.2) is 5.78 Å². The van der Waals surface area contributed by atoms with E-state index in [1.54, 1.807) is 0 Å². The molecule has 0 bridgehead atoms. The van der Waals surface area contributed by atoms with E-state index >= 15 is 0 Å². The number of Topliss-reactive ketones (excluding diaryl/α,β-unsaturated/α-hetero) is 1. The fraction of sp³-hybridized carbons (Fsp3) is 0.760. The van der Waals surface area contributed by atoms with Crippen molar-refractivity contribution in [3.05, 3.63) is 30.1 Å².